The Hall–Kier alpha value is -4.50. The fourth-order valence-electron chi connectivity index (χ4n) is 2.97. The van der Waals surface area contributed by atoms with E-state index < -0.39 is 17.2 Å². The van der Waals surface area contributed by atoms with Gasteiger partial charge in [-0.05, 0) is 47.5 Å². The van der Waals surface area contributed by atoms with Crippen LogP contribution in [-0.2, 0) is 0 Å². The molecule has 0 aliphatic carbocycles. The maximum absolute atomic E-state index is 11.7. The summed E-state index contributed by atoms with van der Waals surface area (Å²) >= 11 is 0. The molecular weight excluding hydrogens is 382 g/mol. The Morgan fingerprint density at radius 3 is 2.17 bits per heavy atom. The lowest BCUT2D eigenvalue weighted by atomic mass is 10.0. The van der Waals surface area contributed by atoms with Crippen LogP contribution in [0.3, 0.4) is 0 Å². The summed E-state index contributed by atoms with van der Waals surface area (Å²) in [6.07, 6.45) is 0. The van der Waals surface area contributed by atoms with Gasteiger partial charge in [-0.2, -0.15) is 0 Å². The summed E-state index contributed by atoms with van der Waals surface area (Å²) in [7, 11) is 0. The van der Waals surface area contributed by atoms with Crippen LogP contribution in [0.1, 0.15) is 21.5 Å². The third-order valence-electron chi connectivity index (χ3n) is 4.55. The number of phenols is 1. The van der Waals surface area contributed by atoms with E-state index in [0.717, 1.165) is 16.7 Å². The number of nitrogen functional groups attached to an aromatic ring is 1. The van der Waals surface area contributed by atoms with Gasteiger partial charge in [0.05, 0.1) is 5.56 Å². The Bertz CT molecular complexity index is 1390. The fourth-order valence-corrected chi connectivity index (χ4v) is 2.97. The van der Waals surface area contributed by atoms with Crippen molar-refractivity contribution in [3.8, 4) is 28.7 Å². The molecule has 0 atom stereocenters. The van der Waals surface area contributed by atoms with Gasteiger partial charge in [0.25, 0.3) is 0 Å². The molecule has 0 aliphatic heterocycles. The van der Waals surface area contributed by atoms with Crippen LogP contribution in [0.25, 0.3) is 22.1 Å². The maximum Gasteiger partial charge on any atom is 0.351 e. The SMILES string of the molecule is Nc1ccc(-c2ccc(C#Cc3cc4cc(C(=O)O)c(=O)oc4cc3O)cc2)cc1. The molecule has 6 heteroatoms. The number of fused-ring (bicyclic) bond motifs is 1. The van der Waals surface area contributed by atoms with Crippen molar-refractivity contribution in [2.24, 2.45) is 0 Å². The maximum atomic E-state index is 11.7. The number of carboxylic acids is 1. The van der Waals surface area contributed by atoms with Gasteiger partial charge in [-0.3, -0.25) is 0 Å². The van der Waals surface area contributed by atoms with Crippen molar-refractivity contribution in [3.63, 3.8) is 0 Å². The van der Waals surface area contributed by atoms with Crippen LogP contribution in [0, 0.1) is 11.8 Å². The van der Waals surface area contributed by atoms with Crippen molar-refractivity contribution in [3.05, 3.63) is 93.8 Å². The first-order chi connectivity index (χ1) is 14.4. The van der Waals surface area contributed by atoms with Gasteiger partial charge in [0.15, 0.2) is 0 Å². The summed E-state index contributed by atoms with van der Waals surface area (Å²) in [6, 6.07) is 19.1. The van der Waals surface area contributed by atoms with Crippen LogP contribution in [0.15, 0.2) is 75.9 Å². The second-order valence-electron chi connectivity index (χ2n) is 6.61. The largest absolute Gasteiger partial charge is 0.507 e. The molecule has 146 valence electrons. The van der Waals surface area contributed by atoms with E-state index >= 15 is 0 Å². The van der Waals surface area contributed by atoms with Crippen molar-refractivity contribution < 1.29 is 19.4 Å². The summed E-state index contributed by atoms with van der Waals surface area (Å²) in [5.41, 5.74) is 8.11. The second-order valence-corrected chi connectivity index (χ2v) is 6.61. The highest BCUT2D eigenvalue weighted by atomic mass is 16.4. The smallest absolute Gasteiger partial charge is 0.351 e. The minimum atomic E-state index is -1.38. The Morgan fingerprint density at radius 1 is 0.900 bits per heavy atom. The lowest BCUT2D eigenvalue weighted by molar-refractivity contribution is 0.0692. The van der Waals surface area contributed by atoms with Crippen molar-refractivity contribution >= 4 is 22.6 Å². The second kappa shape index (κ2) is 7.49. The number of rotatable bonds is 2. The van der Waals surface area contributed by atoms with Crippen molar-refractivity contribution in [1.82, 2.24) is 0 Å². The molecular formula is C24H15NO5. The number of hydrogen-bond acceptors (Lipinski definition) is 5. The van der Waals surface area contributed by atoms with Crippen LogP contribution in [0.5, 0.6) is 5.75 Å². The molecule has 4 N–H and O–H groups in total. The number of aromatic carboxylic acids is 1. The predicted molar refractivity (Wildman–Crippen MR) is 113 cm³/mol. The first kappa shape index (κ1) is 18.8. The zero-order valence-electron chi connectivity index (χ0n) is 15.5. The Morgan fingerprint density at radius 2 is 1.53 bits per heavy atom. The number of nitrogens with two attached hydrogens (primary N) is 1. The van der Waals surface area contributed by atoms with E-state index in [1.54, 1.807) is 0 Å². The topological polar surface area (TPSA) is 114 Å². The van der Waals surface area contributed by atoms with Gasteiger partial charge in [0.1, 0.15) is 16.9 Å². The first-order valence-corrected chi connectivity index (χ1v) is 8.93. The van der Waals surface area contributed by atoms with E-state index in [1.165, 1.54) is 18.2 Å². The first-order valence-electron chi connectivity index (χ1n) is 8.93. The Kier molecular flexibility index (Phi) is 4.71. The molecule has 0 saturated heterocycles. The minimum Gasteiger partial charge on any atom is -0.507 e. The Labute approximate surface area is 170 Å². The molecule has 0 radical (unpaired) electrons. The van der Waals surface area contributed by atoms with Gasteiger partial charge in [0, 0.05) is 22.7 Å². The quantitative estimate of drug-likeness (QED) is 0.269. The molecule has 1 aromatic heterocycles. The van der Waals surface area contributed by atoms with Crippen LogP contribution >= 0.6 is 0 Å². The van der Waals surface area contributed by atoms with Gasteiger partial charge in [-0.1, -0.05) is 36.1 Å². The van der Waals surface area contributed by atoms with Crippen LogP contribution in [0.2, 0.25) is 0 Å². The third-order valence-corrected chi connectivity index (χ3v) is 4.55. The van der Waals surface area contributed by atoms with Crippen molar-refractivity contribution in [2.45, 2.75) is 0 Å². The molecule has 0 amide bonds. The monoisotopic (exact) mass is 397 g/mol. The summed E-state index contributed by atoms with van der Waals surface area (Å²) < 4.78 is 4.96. The van der Waals surface area contributed by atoms with E-state index in [-0.39, 0.29) is 16.9 Å². The number of aromatic hydroxyl groups is 1. The highest BCUT2D eigenvalue weighted by Crippen LogP contribution is 2.25. The van der Waals surface area contributed by atoms with Gasteiger partial charge < -0.3 is 20.4 Å². The number of anilines is 1. The molecule has 0 spiro atoms. The zero-order valence-corrected chi connectivity index (χ0v) is 15.5. The lowest BCUT2D eigenvalue weighted by Gasteiger charge is -2.03. The number of carbonyl (C=O) groups is 1. The average Bonchev–Trinajstić information content (AvgIpc) is 2.73. The van der Waals surface area contributed by atoms with Crippen LogP contribution in [-0.4, -0.2) is 16.2 Å². The molecule has 30 heavy (non-hydrogen) atoms. The lowest BCUT2D eigenvalue weighted by Crippen LogP contribution is -2.12. The number of phenolic OH excluding ortho intramolecular Hbond substituents is 1. The van der Waals surface area contributed by atoms with E-state index in [0.29, 0.717) is 11.1 Å². The van der Waals surface area contributed by atoms with E-state index in [2.05, 4.69) is 11.8 Å². The summed E-state index contributed by atoms with van der Waals surface area (Å²) in [5.74, 6) is 4.28. The highest BCUT2D eigenvalue weighted by Gasteiger charge is 2.13. The molecule has 3 aromatic carbocycles. The summed E-state index contributed by atoms with van der Waals surface area (Å²) in [5, 5.41) is 19.6. The van der Waals surface area contributed by atoms with Gasteiger partial charge in [-0.15, -0.1) is 0 Å². The number of carboxylic acid groups (broad SMARTS) is 1. The van der Waals surface area contributed by atoms with E-state index in [9.17, 15) is 14.7 Å². The predicted octanol–water partition coefficient (Wildman–Crippen LogP) is 3.85. The molecule has 1 heterocycles. The number of benzene rings is 3. The molecule has 0 fully saturated rings. The molecule has 0 unspecified atom stereocenters. The van der Waals surface area contributed by atoms with Gasteiger partial charge in [-0.25, -0.2) is 9.59 Å². The van der Waals surface area contributed by atoms with Crippen LogP contribution < -0.4 is 11.4 Å². The summed E-state index contributed by atoms with van der Waals surface area (Å²) in [4.78, 5) is 22.8. The summed E-state index contributed by atoms with van der Waals surface area (Å²) in [6.45, 7) is 0. The van der Waals surface area contributed by atoms with Crippen LogP contribution in [0.4, 0.5) is 5.69 Å². The molecule has 4 rings (SSSR count). The molecule has 4 aromatic rings. The number of hydrogen-bond donors (Lipinski definition) is 3. The minimum absolute atomic E-state index is 0.0842. The highest BCUT2D eigenvalue weighted by molar-refractivity contribution is 5.92. The molecule has 0 bridgehead atoms. The van der Waals surface area contributed by atoms with E-state index in [1.807, 2.05) is 48.5 Å². The standard InChI is InChI=1S/C24H15NO5/c25-19-9-7-16(8-10-19)15-4-1-14(2-5-15)3-6-17-11-18-12-20(23(27)28)24(29)30-22(18)13-21(17)26/h1-2,4-5,7-13,26H,25H2,(H,27,28). The van der Waals surface area contributed by atoms with E-state index in [4.69, 9.17) is 15.3 Å². The average molecular weight is 397 g/mol. The Balaban J connectivity index is 1.66. The third kappa shape index (κ3) is 3.73. The normalized spacial score (nSPS) is 10.4. The molecule has 0 aliphatic rings. The fraction of sp³-hybridized carbons (Fsp3) is 0. The van der Waals surface area contributed by atoms with Crippen molar-refractivity contribution in [1.29, 1.82) is 0 Å². The molecule has 6 nitrogen and oxygen atoms in total. The molecule has 0 saturated carbocycles. The zero-order chi connectivity index (χ0) is 21.3. The van der Waals surface area contributed by atoms with Gasteiger partial charge >= 0.3 is 11.6 Å². The van der Waals surface area contributed by atoms with Gasteiger partial charge in [0.2, 0.25) is 0 Å². The van der Waals surface area contributed by atoms with Crippen molar-refractivity contribution in [2.75, 3.05) is 5.73 Å².